The van der Waals surface area contributed by atoms with E-state index in [1.807, 2.05) is 6.92 Å². The van der Waals surface area contributed by atoms with Crippen molar-refractivity contribution in [1.29, 1.82) is 0 Å². The second-order valence-electron chi connectivity index (χ2n) is 3.45. The fourth-order valence-corrected chi connectivity index (χ4v) is 1.22. The quantitative estimate of drug-likeness (QED) is 0.614. The van der Waals surface area contributed by atoms with Crippen LogP contribution in [-0.2, 0) is 0 Å². The molecule has 0 saturated heterocycles. The third kappa shape index (κ3) is 7.17. The lowest BCUT2D eigenvalue weighted by atomic mass is 10.3. The maximum absolute atomic E-state index is 12.0. The summed E-state index contributed by atoms with van der Waals surface area (Å²) in [4.78, 5) is 1.52. The maximum atomic E-state index is 12.0. The van der Waals surface area contributed by atoms with Gasteiger partial charge in [-0.05, 0) is 20.0 Å². The molecule has 14 heavy (non-hydrogen) atoms. The number of nitrogens with zero attached hydrogens (tertiary/aromatic N) is 1. The van der Waals surface area contributed by atoms with E-state index in [4.69, 9.17) is 5.11 Å². The molecule has 0 aromatic heterocycles. The standard InChI is InChI=1S/C9H20F2N2O/c1-3-4-12-8(7-14)5-13(2)6-9(10)11/h8-9,12,14H,3-7H2,1-2H3. The average molecular weight is 210 g/mol. The first-order valence-electron chi connectivity index (χ1n) is 4.91. The summed E-state index contributed by atoms with van der Waals surface area (Å²) in [6, 6.07) is -0.112. The second-order valence-corrected chi connectivity index (χ2v) is 3.45. The van der Waals surface area contributed by atoms with Crippen molar-refractivity contribution in [3.8, 4) is 0 Å². The van der Waals surface area contributed by atoms with Crippen LogP contribution in [0.4, 0.5) is 8.78 Å². The molecule has 0 radical (unpaired) electrons. The number of halogens is 2. The summed E-state index contributed by atoms with van der Waals surface area (Å²) >= 11 is 0. The van der Waals surface area contributed by atoms with Crippen molar-refractivity contribution in [2.45, 2.75) is 25.8 Å². The molecular formula is C9H20F2N2O. The van der Waals surface area contributed by atoms with Crippen molar-refractivity contribution in [2.24, 2.45) is 0 Å². The molecule has 0 amide bonds. The summed E-state index contributed by atoms with van der Waals surface area (Å²) in [7, 11) is 1.63. The predicted molar refractivity (Wildman–Crippen MR) is 52.7 cm³/mol. The number of hydrogen-bond acceptors (Lipinski definition) is 3. The van der Waals surface area contributed by atoms with Crippen molar-refractivity contribution in [3.63, 3.8) is 0 Å². The number of hydrogen-bond donors (Lipinski definition) is 2. The zero-order chi connectivity index (χ0) is 11.0. The molecule has 1 atom stereocenters. The van der Waals surface area contributed by atoms with Crippen LogP contribution in [0.5, 0.6) is 0 Å². The average Bonchev–Trinajstić information content (AvgIpc) is 2.10. The third-order valence-corrected chi connectivity index (χ3v) is 1.89. The van der Waals surface area contributed by atoms with Gasteiger partial charge in [0.05, 0.1) is 13.2 Å². The van der Waals surface area contributed by atoms with Gasteiger partial charge in [-0.1, -0.05) is 6.92 Å². The van der Waals surface area contributed by atoms with Crippen molar-refractivity contribution >= 4 is 0 Å². The van der Waals surface area contributed by atoms with Crippen molar-refractivity contribution < 1.29 is 13.9 Å². The Morgan fingerprint density at radius 3 is 2.43 bits per heavy atom. The smallest absolute Gasteiger partial charge is 0.251 e. The molecule has 0 heterocycles. The van der Waals surface area contributed by atoms with Gasteiger partial charge >= 0.3 is 0 Å². The van der Waals surface area contributed by atoms with Crippen LogP contribution >= 0.6 is 0 Å². The van der Waals surface area contributed by atoms with Gasteiger partial charge in [-0.15, -0.1) is 0 Å². The molecule has 0 rings (SSSR count). The zero-order valence-electron chi connectivity index (χ0n) is 8.84. The third-order valence-electron chi connectivity index (χ3n) is 1.89. The van der Waals surface area contributed by atoms with Gasteiger partial charge in [0.25, 0.3) is 6.43 Å². The first-order chi connectivity index (χ1) is 6.60. The van der Waals surface area contributed by atoms with E-state index in [2.05, 4.69) is 5.32 Å². The molecule has 0 aromatic rings. The summed E-state index contributed by atoms with van der Waals surface area (Å²) in [6.45, 7) is 3.00. The van der Waals surface area contributed by atoms with Crippen LogP contribution in [-0.4, -0.2) is 55.8 Å². The van der Waals surface area contributed by atoms with E-state index in [1.54, 1.807) is 7.05 Å². The van der Waals surface area contributed by atoms with Crippen LogP contribution < -0.4 is 5.32 Å². The minimum Gasteiger partial charge on any atom is -0.395 e. The first kappa shape index (κ1) is 13.7. The van der Waals surface area contributed by atoms with E-state index in [9.17, 15) is 8.78 Å². The van der Waals surface area contributed by atoms with Crippen LogP contribution in [0.2, 0.25) is 0 Å². The highest BCUT2D eigenvalue weighted by Crippen LogP contribution is 1.97. The molecule has 0 aromatic carbocycles. The minimum atomic E-state index is -2.31. The van der Waals surface area contributed by atoms with E-state index in [1.165, 1.54) is 4.90 Å². The van der Waals surface area contributed by atoms with E-state index in [-0.39, 0.29) is 19.2 Å². The summed E-state index contributed by atoms with van der Waals surface area (Å²) in [5, 5.41) is 12.0. The Morgan fingerprint density at radius 1 is 1.36 bits per heavy atom. The van der Waals surface area contributed by atoms with Gasteiger partial charge in [0.2, 0.25) is 0 Å². The Balaban J connectivity index is 3.68. The SMILES string of the molecule is CCCNC(CO)CN(C)CC(F)F. The van der Waals surface area contributed by atoms with Crippen molar-refractivity contribution in [1.82, 2.24) is 10.2 Å². The predicted octanol–water partition coefficient (Wildman–Crippen LogP) is 0.544. The second kappa shape index (κ2) is 8.08. The highest BCUT2D eigenvalue weighted by molar-refractivity contribution is 4.69. The largest absolute Gasteiger partial charge is 0.395 e. The van der Waals surface area contributed by atoms with Crippen LogP contribution in [0.25, 0.3) is 0 Å². The van der Waals surface area contributed by atoms with Gasteiger partial charge < -0.3 is 10.4 Å². The topological polar surface area (TPSA) is 35.5 Å². The first-order valence-corrected chi connectivity index (χ1v) is 4.91. The van der Waals surface area contributed by atoms with E-state index in [0.717, 1.165) is 13.0 Å². The highest BCUT2D eigenvalue weighted by atomic mass is 19.3. The molecule has 0 saturated carbocycles. The van der Waals surface area contributed by atoms with Gasteiger partial charge in [-0.25, -0.2) is 8.78 Å². The lowest BCUT2D eigenvalue weighted by molar-refractivity contribution is 0.0902. The number of aliphatic hydroxyl groups excluding tert-OH is 1. The molecule has 1 unspecified atom stereocenters. The molecule has 0 aliphatic heterocycles. The monoisotopic (exact) mass is 210 g/mol. The molecule has 2 N–H and O–H groups in total. The summed E-state index contributed by atoms with van der Waals surface area (Å²) in [5.74, 6) is 0. The Bertz CT molecular complexity index is 136. The normalized spacial score (nSPS) is 13.9. The lowest BCUT2D eigenvalue weighted by Gasteiger charge is -2.23. The Morgan fingerprint density at radius 2 is 2.00 bits per heavy atom. The number of likely N-dealkylation sites (N-methyl/N-ethyl adjacent to an activating group) is 1. The maximum Gasteiger partial charge on any atom is 0.251 e. The molecule has 0 aliphatic carbocycles. The minimum absolute atomic E-state index is 0.0203. The zero-order valence-corrected chi connectivity index (χ0v) is 8.84. The molecule has 86 valence electrons. The van der Waals surface area contributed by atoms with Gasteiger partial charge in [-0.3, -0.25) is 4.90 Å². The summed E-state index contributed by atoms with van der Waals surface area (Å²) in [5.41, 5.74) is 0. The molecule has 0 bridgehead atoms. The number of alkyl halides is 2. The number of rotatable bonds is 8. The molecule has 0 aliphatic rings. The fraction of sp³-hybridized carbons (Fsp3) is 1.00. The summed E-state index contributed by atoms with van der Waals surface area (Å²) < 4.78 is 23.9. The van der Waals surface area contributed by atoms with Crippen molar-refractivity contribution in [3.05, 3.63) is 0 Å². The molecule has 3 nitrogen and oxygen atoms in total. The Kier molecular flexibility index (Phi) is 7.93. The van der Waals surface area contributed by atoms with Crippen LogP contribution in [0.3, 0.4) is 0 Å². The lowest BCUT2D eigenvalue weighted by Crippen LogP contribution is -2.43. The molecule has 0 fully saturated rings. The van der Waals surface area contributed by atoms with Gasteiger partial charge in [0.1, 0.15) is 0 Å². The summed E-state index contributed by atoms with van der Waals surface area (Å²) in [6.07, 6.45) is -1.35. The molecule has 0 spiro atoms. The van der Waals surface area contributed by atoms with E-state index < -0.39 is 6.43 Å². The Hall–Kier alpha value is -0.260. The van der Waals surface area contributed by atoms with Crippen molar-refractivity contribution in [2.75, 3.05) is 33.3 Å². The molecular weight excluding hydrogens is 190 g/mol. The highest BCUT2D eigenvalue weighted by Gasteiger charge is 2.12. The van der Waals surface area contributed by atoms with Gasteiger partial charge in [0, 0.05) is 12.6 Å². The van der Waals surface area contributed by atoms with Crippen LogP contribution in [0, 0.1) is 0 Å². The number of nitrogens with one attached hydrogen (secondary N) is 1. The van der Waals surface area contributed by atoms with Crippen LogP contribution in [0.15, 0.2) is 0 Å². The Labute approximate surface area is 84.1 Å². The fourth-order valence-electron chi connectivity index (χ4n) is 1.22. The van der Waals surface area contributed by atoms with Gasteiger partial charge in [0.15, 0.2) is 0 Å². The number of aliphatic hydroxyl groups is 1. The van der Waals surface area contributed by atoms with Crippen LogP contribution in [0.1, 0.15) is 13.3 Å². The van der Waals surface area contributed by atoms with E-state index >= 15 is 0 Å². The molecule has 5 heteroatoms. The van der Waals surface area contributed by atoms with E-state index in [0.29, 0.717) is 6.54 Å². The van der Waals surface area contributed by atoms with Gasteiger partial charge in [-0.2, -0.15) is 0 Å².